The first kappa shape index (κ1) is 27.7. The van der Waals surface area contributed by atoms with Crippen LogP contribution in [0.25, 0.3) is 0 Å². The van der Waals surface area contributed by atoms with E-state index in [2.05, 4.69) is 0 Å². The molecule has 0 aromatic rings. The van der Waals surface area contributed by atoms with Gasteiger partial charge in [0.05, 0.1) is 0 Å². The molecule has 0 saturated carbocycles. The fourth-order valence-corrected chi connectivity index (χ4v) is 6.70. The van der Waals surface area contributed by atoms with E-state index in [1.54, 1.807) is 0 Å². The number of hydrogen-bond donors (Lipinski definition) is 0. The van der Waals surface area contributed by atoms with Gasteiger partial charge in [-0.2, -0.15) is 0 Å². The van der Waals surface area contributed by atoms with Crippen molar-refractivity contribution >= 4 is 33.5 Å². The monoisotopic (exact) mass is 490 g/mol. The summed E-state index contributed by atoms with van der Waals surface area (Å²) in [6, 6.07) is 0. The Balaban J connectivity index is 1.71. The lowest BCUT2D eigenvalue weighted by molar-refractivity contribution is -0.299. The molecule has 2 rings (SSSR count). The summed E-state index contributed by atoms with van der Waals surface area (Å²) in [6.45, 7) is 14.9. The van der Waals surface area contributed by atoms with E-state index in [-0.39, 0.29) is 35.7 Å². The Morgan fingerprint density at radius 2 is 0.906 bits per heavy atom. The van der Waals surface area contributed by atoms with E-state index in [9.17, 15) is 20.0 Å². The summed E-state index contributed by atoms with van der Waals surface area (Å²) in [5.74, 6) is -0.466. The van der Waals surface area contributed by atoms with Gasteiger partial charge in [0.15, 0.2) is 0 Å². The van der Waals surface area contributed by atoms with Crippen LogP contribution in [0.4, 0.5) is 0 Å². The number of hydrogen-bond acceptors (Lipinski definition) is 8. The second-order valence-corrected chi connectivity index (χ2v) is 13.9. The van der Waals surface area contributed by atoms with Crippen molar-refractivity contribution in [3.63, 3.8) is 0 Å². The smallest absolute Gasteiger partial charge is 0.317 e. The van der Waals surface area contributed by atoms with Gasteiger partial charge >= 0.3 is 11.9 Å². The lowest BCUT2D eigenvalue weighted by atomic mass is 9.80. The van der Waals surface area contributed by atoms with Crippen LogP contribution in [0.2, 0.25) is 0 Å². The van der Waals surface area contributed by atoms with Crippen LogP contribution in [0.1, 0.15) is 81.1 Å². The second kappa shape index (κ2) is 10.00. The highest BCUT2D eigenvalue weighted by atomic mass is 33.1. The van der Waals surface area contributed by atoms with Gasteiger partial charge in [0.1, 0.15) is 23.7 Å². The molecule has 2 fully saturated rings. The second-order valence-electron chi connectivity index (χ2n) is 11.4. The van der Waals surface area contributed by atoms with Crippen molar-refractivity contribution < 1.29 is 29.5 Å². The van der Waals surface area contributed by atoms with E-state index in [1.807, 2.05) is 55.4 Å². The molecule has 0 atom stereocenters. The number of carbonyl (C=O) groups excluding carboxylic acids is 2. The minimum atomic E-state index is -0.594. The normalized spacial score (nSPS) is 25.9. The fourth-order valence-electron chi connectivity index (χ4n) is 5.13. The summed E-state index contributed by atoms with van der Waals surface area (Å²) in [5.41, 5.74) is -2.37. The number of rotatable bonds is 7. The summed E-state index contributed by atoms with van der Waals surface area (Å²) in [6.07, 6.45) is 1.36. The molecule has 2 heterocycles. The number of nitrogens with zero attached hydrogens (tertiary/aromatic N) is 2. The molecule has 0 N–H and O–H groups in total. The highest BCUT2D eigenvalue weighted by Gasteiger charge is 2.48. The summed E-state index contributed by atoms with van der Waals surface area (Å²) < 4.78 is 11.2. The molecule has 0 aromatic heterocycles. The number of hydroxylamine groups is 4. The SMILES string of the molecule is CC1(C)CC(OC(=O)CSSCC(=O)OC2CC(C)(C)N([O])C(C)(C)C2)CC(C)(C)N1[O]. The molecule has 10 heteroatoms. The summed E-state index contributed by atoms with van der Waals surface area (Å²) in [7, 11) is 2.50. The van der Waals surface area contributed by atoms with Crippen molar-refractivity contribution in [1.29, 1.82) is 0 Å². The number of ether oxygens (including phenoxy) is 2. The summed E-state index contributed by atoms with van der Waals surface area (Å²) in [5, 5.41) is 27.0. The number of carbonyl (C=O) groups is 2. The molecule has 0 aromatic carbocycles. The lowest BCUT2D eigenvalue weighted by Gasteiger charge is -2.49. The van der Waals surface area contributed by atoms with Crippen molar-refractivity contribution in [3.8, 4) is 0 Å². The van der Waals surface area contributed by atoms with Crippen molar-refractivity contribution in [2.75, 3.05) is 11.5 Å². The molecule has 2 saturated heterocycles. The average Bonchev–Trinajstić information content (AvgIpc) is 2.60. The van der Waals surface area contributed by atoms with Crippen LogP contribution in [0.5, 0.6) is 0 Å². The quantitative estimate of drug-likeness (QED) is 0.298. The van der Waals surface area contributed by atoms with E-state index in [0.717, 1.165) is 10.1 Å². The third-order valence-corrected chi connectivity index (χ3v) is 8.22. The maximum absolute atomic E-state index is 12.4. The van der Waals surface area contributed by atoms with Gasteiger partial charge in [-0.25, -0.2) is 0 Å². The highest BCUT2D eigenvalue weighted by molar-refractivity contribution is 8.77. The zero-order chi connectivity index (χ0) is 24.5. The van der Waals surface area contributed by atoms with Crippen LogP contribution in [0.3, 0.4) is 0 Å². The van der Waals surface area contributed by atoms with Gasteiger partial charge in [0.2, 0.25) is 0 Å². The average molecular weight is 491 g/mol. The van der Waals surface area contributed by atoms with E-state index >= 15 is 0 Å². The fraction of sp³-hybridized carbons (Fsp3) is 0.909. The van der Waals surface area contributed by atoms with Gasteiger partial charge in [-0.1, -0.05) is 21.6 Å². The zero-order valence-corrected chi connectivity index (χ0v) is 22.2. The summed E-state index contributed by atoms with van der Waals surface area (Å²) in [4.78, 5) is 24.5. The molecule has 32 heavy (non-hydrogen) atoms. The van der Waals surface area contributed by atoms with Gasteiger partial charge in [-0.3, -0.25) is 9.59 Å². The van der Waals surface area contributed by atoms with Crippen LogP contribution < -0.4 is 0 Å². The van der Waals surface area contributed by atoms with Crippen LogP contribution in [0.15, 0.2) is 0 Å². The molecule has 0 spiro atoms. The molecule has 2 radical (unpaired) electrons. The molecular formula is C22H38N2O6S2. The number of esters is 2. The third kappa shape index (κ3) is 6.99. The largest absolute Gasteiger partial charge is 0.462 e. The van der Waals surface area contributed by atoms with E-state index in [4.69, 9.17) is 9.47 Å². The molecule has 0 unspecified atom stereocenters. The molecule has 0 aliphatic carbocycles. The van der Waals surface area contributed by atoms with Gasteiger partial charge in [-0.05, 0) is 55.4 Å². The first-order chi connectivity index (χ1) is 14.5. The third-order valence-electron chi connectivity index (χ3n) is 6.14. The molecule has 184 valence electrons. The Morgan fingerprint density at radius 1 is 0.656 bits per heavy atom. The van der Waals surface area contributed by atoms with Crippen molar-refractivity contribution in [2.24, 2.45) is 0 Å². The topological polar surface area (TPSA) is 98.9 Å². The Hall–Kier alpha value is -0.520. The van der Waals surface area contributed by atoms with E-state index < -0.39 is 22.2 Å². The van der Waals surface area contributed by atoms with Crippen LogP contribution in [-0.4, -0.2) is 67.9 Å². The van der Waals surface area contributed by atoms with Crippen molar-refractivity contribution in [2.45, 2.75) is 115 Å². The minimum absolute atomic E-state index is 0.116. The molecule has 8 nitrogen and oxygen atoms in total. The molecule has 0 bridgehead atoms. The molecular weight excluding hydrogens is 452 g/mol. The van der Waals surface area contributed by atoms with Crippen LogP contribution in [-0.2, 0) is 29.5 Å². The Bertz CT molecular complexity index is 604. The van der Waals surface area contributed by atoms with Gasteiger partial charge in [0.25, 0.3) is 0 Å². The van der Waals surface area contributed by atoms with Gasteiger partial charge in [-0.15, -0.1) is 20.5 Å². The minimum Gasteiger partial charge on any atom is -0.462 e. The van der Waals surface area contributed by atoms with E-state index in [1.165, 1.54) is 21.6 Å². The van der Waals surface area contributed by atoms with Gasteiger partial charge < -0.3 is 9.47 Å². The highest BCUT2D eigenvalue weighted by Crippen LogP contribution is 2.39. The Morgan fingerprint density at radius 3 is 1.16 bits per heavy atom. The maximum Gasteiger partial charge on any atom is 0.317 e. The van der Waals surface area contributed by atoms with Crippen LogP contribution in [0, 0.1) is 0 Å². The first-order valence-corrected chi connectivity index (χ1v) is 13.5. The van der Waals surface area contributed by atoms with Gasteiger partial charge in [0, 0.05) is 47.8 Å². The zero-order valence-electron chi connectivity index (χ0n) is 20.6. The number of piperidine rings is 2. The van der Waals surface area contributed by atoms with Crippen molar-refractivity contribution in [1.82, 2.24) is 10.1 Å². The Kier molecular flexibility index (Phi) is 8.66. The maximum atomic E-state index is 12.4. The Labute approximate surface area is 200 Å². The van der Waals surface area contributed by atoms with Crippen LogP contribution >= 0.6 is 21.6 Å². The molecule has 0 amide bonds. The predicted octanol–water partition coefficient (Wildman–Crippen LogP) is 4.19. The van der Waals surface area contributed by atoms with Crippen molar-refractivity contribution in [3.05, 3.63) is 0 Å². The molecule has 2 aliphatic heterocycles. The lowest BCUT2D eigenvalue weighted by Crippen LogP contribution is -2.60. The summed E-state index contributed by atoms with van der Waals surface area (Å²) >= 11 is 0. The van der Waals surface area contributed by atoms with E-state index in [0.29, 0.717) is 25.7 Å². The first-order valence-electron chi connectivity index (χ1n) is 11.0. The predicted molar refractivity (Wildman–Crippen MR) is 125 cm³/mol. The molecule has 2 aliphatic rings. The standard InChI is InChI=1S/C22H38N2O6S2/c1-19(2)9-15(10-20(3,4)23(19)27)29-17(25)13-31-32-14-18(26)30-16-11-21(5,6)24(28)22(7,8)12-16/h15-16H,9-14H2,1-8H3.